The van der Waals surface area contributed by atoms with E-state index in [0.717, 1.165) is 4.31 Å². The van der Waals surface area contributed by atoms with Crippen LogP contribution in [0.2, 0.25) is 10.0 Å². The predicted octanol–water partition coefficient (Wildman–Crippen LogP) is 3.28. The fourth-order valence-electron chi connectivity index (χ4n) is 2.48. The molecule has 0 saturated heterocycles. The average molecular weight is 459 g/mol. The molecule has 1 N–H and O–H groups in total. The summed E-state index contributed by atoms with van der Waals surface area (Å²) in [5.41, 5.74) is 0.597. The van der Waals surface area contributed by atoms with Crippen molar-refractivity contribution in [1.29, 1.82) is 0 Å². The van der Waals surface area contributed by atoms with Crippen LogP contribution in [0.1, 0.15) is 28.4 Å². The van der Waals surface area contributed by atoms with Gasteiger partial charge in [-0.3, -0.25) is 9.59 Å². The van der Waals surface area contributed by atoms with Gasteiger partial charge in [-0.25, -0.2) is 12.7 Å². The molecule has 2 aromatic rings. The zero-order chi connectivity index (χ0) is 21.8. The van der Waals surface area contributed by atoms with E-state index in [2.05, 4.69) is 5.32 Å². The monoisotopic (exact) mass is 458 g/mol. The zero-order valence-corrected chi connectivity index (χ0v) is 18.3. The first-order valence-corrected chi connectivity index (χ1v) is 10.6. The van der Waals surface area contributed by atoms with Gasteiger partial charge in [0.15, 0.2) is 0 Å². The standard InChI is InChI=1S/C19H20Cl2N2O5S/c1-23(2)29(26,27)14-8-9-16(21)15(10-14)19(25)22-17(11-18(24)28-3)12-4-6-13(20)7-5-12/h4-10,17H,11H2,1-3H3,(H,22,25). The number of ether oxygens (including phenoxy) is 1. The zero-order valence-electron chi connectivity index (χ0n) is 16.0. The highest BCUT2D eigenvalue weighted by molar-refractivity contribution is 7.89. The van der Waals surface area contributed by atoms with E-state index in [1.165, 1.54) is 39.4 Å². The second-order valence-corrected chi connectivity index (χ2v) is 9.28. The molecule has 0 spiro atoms. The minimum Gasteiger partial charge on any atom is -0.469 e. The molecule has 0 aliphatic carbocycles. The lowest BCUT2D eigenvalue weighted by atomic mass is 10.0. The molecule has 2 rings (SSSR count). The Labute approximate surface area is 179 Å². The van der Waals surface area contributed by atoms with Crippen LogP contribution in [0.5, 0.6) is 0 Å². The number of rotatable bonds is 7. The highest BCUT2D eigenvalue weighted by atomic mass is 35.5. The summed E-state index contributed by atoms with van der Waals surface area (Å²) in [6.45, 7) is 0. The highest BCUT2D eigenvalue weighted by Gasteiger charge is 2.24. The molecule has 7 nitrogen and oxygen atoms in total. The summed E-state index contributed by atoms with van der Waals surface area (Å²) in [5, 5.41) is 3.29. The summed E-state index contributed by atoms with van der Waals surface area (Å²) in [4.78, 5) is 24.6. The van der Waals surface area contributed by atoms with Crippen LogP contribution < -0.4 is 5.32 Å². The van der Waals surface area contributed by atoms with Crippen molar-refractivity contribution in [2.75, 3.05) is 21.2 Å². The lowest BCUT2D eigenvalue weighted by Crippen LogP contribution is -2.31. The summed E-state index contributed by atoms with van der Waals surface area (Å²) >= 11 is 12.0. The summed E-state index contributed by atoms with van der Waals surface area (Å²) in [6.07, 6.45) is -0.128. The smallest absolute Gasteiger partial charge is 0.307 e. The Morgan fingerprint density at radius 1 is 1.10 bits per heavy atom. The van der Waals surface area contributed by atoms with Gasteiger partial charge >= 0.3 is 5.97 Å². The number of nitrogens with zero attached hydrogens (tertiary/aromatic N) is 1. The number of sulfonamides is 1. The molecule has 0 fully saturated rings. The topological polar surface area (TPSA) is 92.8 Å². The average Bonchev–Trinajstić information content (AvgIpc) is 2.67. The third kappa shape index (κ3) is 5.70. The largest absolute Gasteiger partial charge is 0.469 e. The quantitative estimate of drug-likeness (QED) is 0.642. The van der Waals surface area contributed by atoms with Gasteiger partial charge in [-0.1, -0.05) is 35.3 Å². The van der Waals surface area contributed by atoms with Crippen LogP contribution >= 0.6 is 23.2 Å². The Kier molecular flexibility index (Phi) is 7.65. The molecule has 0 radical (unpaired) electrons. The molecule has 29 heavy (non-hydrogen) atoms. The Morgan fingerprint density at radius 2 is 1.72 bits per heavy atom. The molecular weight excluding hydrogens is 439 g/mol. The molecule has 156 valence electrons. The van der Waals surface area contributed by atoms with Crippen molar-refractivity contribution in [2.24, 2.45) is 0 Å². The summed E-state index contributed by atoms with van der Waals surface area (Å²) in [5.74, 6) is -1.16. The predicted molar refractivity (Wildman–Crippen MR) is 111 cm³/mol. The minimum atomic E-state index is -3.75. The Hall–Kier alpha value is -2.13. The summed E-state index contributed by atoms with van der Waals surface area (Å²) in [7, 11) is 0.265. The van der Waals surface area contributed by atoms with Gasteiger partial charge < -0.3 is 10.1 Å². The first-order chi connectivity index (χ1) is 13.6. The highest BCUT2D eigenvalue weighted by Crippen LogP contribution is 2.25. The van der Waals surface area contributed by atoms with Crippen molar-refractivity contribution in [1.82, 2.24) is 9.62 Å². The number of carbonyl (C=O) groups excluding carboxylic acids is 2. The maximum Gasteiger partial charge on any atom is 0.307 e. The fraction of sp³-hybridized carbons (Fsp3) is 0.263. The van der Waals surface area contributed by atoms with E-state index < -0.39 is 27.9 Å². The maximum absolute atomic E-state index is 12.9. The van der Waals surface area contributed by atoms with E-state index in [4.69, 9.17) is 27.9 Å². The van der Waals surface area contributed by atoms with Crippen molar-refractivity contribution >= 4 is 45.1 Å². The molecule has 0 aliphatic rings. The van der Waals surface area contributed by atoms with Crippen molar-refractivity contribution in [3.8, 4) is 0 Å². The molecule has 0 heterocycles. The van der Waals surface area contributed by atoms with Crippen LogP contribution in [0, 0.1) is 0 Å². The number of methoxy groups -OCH3 is 1. The van der Waals surface area contributed by atoms with Crippen LogP contribution in [0.4, 0.5) is 0 Å². The van der Waals surface area contributed by atoms with Crippen LogP contribution in [-0.4, -0.2) is 45.8 Å². The van der Waals surface area contributed by atoms with Crippen molar-refractivity contribution in [2.45, 2.75) is 17.4 Å². The molecule has 0 saturated carbocycles. The van der Waals surface area contributed by atoms with Gasteiger partial charge in [0.1, 0.15) is 0 Å². The first kappa shape index (κ1) is 23.2. The number of esters is 1. The van der Waals surface area contributed by atoms with Gasteiger partial charge in [0.25, 0.3) is 5.91 Å². The van der Waals surface area contributed by atoms with E-state index >= 15 is 0 Å². The van der Waals surface area contributed by atoms with Crippen LogP contribution in [0.25, 0.3) is 0 Å². The fourth-order valence-corrected chi connectivity index (χ4v) is 3.74. The van der Waals surface area contributed by atoms with Gasteiger partial charge in [-0.15, -0.1) is 0 Å². The summed E-state index contributed by atoms with van der Waals surface area (Å²) < 4.78 is 30.4. The lowest BCUT2D eigenvalue weighted by Gasteiger charge is -2.19. The Morgan fingerprint density at radius 3 is 2.28 bits per heavy atom. The number of carbonyl (C=O) groups is 2. The van der Waals surface area contributed by atoms with Crippen LogP contribution in [-0.2, 0) is 19.6 Å². The van der Waals surface area contributed by atoms with Gasteiger partial charge in [-0.05, 0) is 35.9 Å². The number of hydrogen-bond donors (Lipinski definition) is 1. The lowest BCUT2D eigenvalue weighted by molar-refractivity contribution is -0.141. The van der Waals surface area contributed by atoms with Gasteiger partial charge in [-0.2, -0.15) is 0 Å². The third-order valence-corrected chi connectivity index (χ3v) is 6.53. The molecule has 1 unspecified atom stereocenters. The second-order valence-electron chi connectivity index (χ2n) is 6.29. The minimum absolute atomic E-state index is 0.0292. The van der Waals surface area contributed by atoms with Gasteiger partial charge in [0.2, 0.25) is 10.0 Å². The Bertz CT molecular complexity index is 1010. The normalized spacial score (nSPS) is 12.5. The van der Waals surface area contributed by atoms with E-state index in [1.54, 1.807) is 24.3 Å². The molecule has 1 amide bonds. The molecule has 1 atom stereocenters. The SMILES string of the molecule is COC(=O)CC(NC(=O)c1cc(S(=O)(=O)N(C)C)ccc1Cl)c1ccc(Cl)cc1. The molecule has 0 aliphatic heterocycles. The van der Waals surface area contributed by atoms with Crippen LogP contribution in [0.15, 0.2) is 47.4 Å². The van der Waals surface area contributed by atoms with E-state index in [9.17, 15) is 18.0 Å². The number of nitrogens with one attached hydrogen (secondary N) is 1. The number of benzene rings is 2. The van der Waals surface area contributed by atoms with Gasteiger partial charge in [0, 0.05) is 19.1 Å². The van der Waals surface area contributed by atoms with Crippen molar-refractivity contribution in [3.63, 3.8) is 0 Å². The number of hydrogen-bond acceptors (Lipinski definition) is 5. The summed E-state index contributed by atoms with van der Waals surface area (Å²) in [6, 6.07) is 9.73. The van der Waals surface area contributed by atoms with Crippen LogP contribution in [0.3, 0.4) is 0 Å². The Balaban J connectivity index is 2.38. The number of amides is 1. The molecule has 0 aromatic heterocycles. The van der Waals surface area contributed by atoms with Crippen molar-refractivity contribution < 1.29 is 22.7 Å². The van der Waals surface area contributed by atoms with E-state index in [0.29, 0.717) is 10.6 Å². The number of halogens is 2. The maximum atomic E-state index is 12.9. The van der Waals surface area contributed by atoms with E-state index in [1.807, 2.05) is 0 Å². The molecular formula is C19H20Cl2N2O5S. The first-order valence-electron chi connectivity index (χ1n) is 8.41. The van der Waals surface area contributed by atoms with E-state index in [-0.39, 0.29) is 21.9 Å². The molecule has 10 heteroatoms. The molecule has 2 aromatic carbocycles. The van der Waals surface area contributed by atoms with Crippen molar-refractivity contribution in [3.05, 3.63) is 63.6 Å². The third-order valence-electron chi connectivity index (χ3n) is 4.14. The molecule has 0 bridgehead atoms. The van der Waals surface area contributed by atoms with Gasteiger partial charge in [0.05, 0.1) is 35.1 Å². The second kappa shape index (κ2) is 9.58.